The van der Waals surface area contributed by atoms with E-state index >= 15 is 0 Å². The molecular formula is C18H17ClN2O2S. The minimum absolute atomic E-state index is 0.000611. The molecule has 3 rings (SSSR count). The first-order valence-corrected chi connectivity index (χ1v) is 8.93. The van der Waals surface area contributed by atoms with Crippen LogP contribution in [0, 0.1) is 0 Å². The number of amides is 1. The Morgan fingerprint density at radius 3 is 2.79 bits per heavy atom. The third kappa shape index (κ3) is 4.46. The fraction of sp³-hybridized carbons (Fsp3) is 0.167. The normalized spacial score (nSPS) is 10.7. The van der Waals surface area contributed by atoms with Crippen molar-refractivity contribution < 1.29 is 9.53 Å². The summed E-state index contributed by atoms with van der Waals surface area (Å²) in [6.45, 7) is 0.590. The van der Waals surface area contributed by atoms with Gasteiger partial charge in [-0.25, -0.2) is 0 Å². The Hall–Kier alpha value is -2.11. The average molecular weight is 361 g/mol. The molecule has 0 atom stereocenters. The number of benzene rings is 2. The number of H-pyrrole nitrogens is 1. The number of aromatic nitrogens is 1. The van der Waals surface area contributed by atoms with Gasteiger partial charge < -0.3 is 15.0 Å². The number of rotatable bonds is 7. The number of hydrogen-bond acceptors (Lipinski definition) is 3. The molecule has 0 aliphatic rings. The topological polar surface area (TPSA) is 54.1 Å². The third-order valence-corrected chi connectivity index (χ3v) is 4.73. The maximum atomic E-state index is 11.8. The number of para-hydroxylation sites is 1. The standard InChI is InChI=1S/C18H17ClN2O2S/c19-13-5-7-14(8-6-13)23-12-18(22)20-9-10-24-17-11-21-16-4-2-1-3-15(16)17/h1-8,11,21H,9-10,12H2,(H,20,22). The van der Waals surface area contributed by atoms with Gasteiger partial charge in [-0.2, -0.15) is 0 Å². The predicted molar refractivity (Wildman–Crippen MR) is 99.0 cm³/mol. The predicted octanol–water partition coefficient (Wildman–Crippen LogP) is 4.11. The van der Waals surface area contributed by atoms with Crippen molar-refractivity contribution in [2.45, 2.75) is 4.90 Å². The number of halogens is 1. The molecule has 4 nitrogen and oxygen atoms in total. The van der Waals surface area contributed by atoms with Crippen LogP contribution in [0.15, 0.2) is 59.6 Å². The molecule has 6 heteroatoms. The summed E-state index contributed by atoms with van der Waals surface area (Å²) >= 11 is 7.51. The van der Waals surface area contributed by atoms with Crippen molar-refractivity contribution in [1.29, 1.82) is 0 Å². The number of hydrogen-bond donors (Lipinski definition) is 2. The summed E-state index contributed by atoms with van der Waals surface area (Å²) in [6.07, 6.45) is 2.00. The van der Waals surface area contributed by atoms with Crippen LogP contribution in [0.4, 0.5) is 0 Å². The van der Waals surface area contributed by atoms with Crippen LogP contribution in [-0.4, -0.2) is 29.8 Å². The zero-order chi connectivity index (χ0) is 16.8. The second kappa shape index (κ2) is 8.13. The van der Waals surface area contributed by atoms with Gasteiger partial charge in [-0.05, 0) is 30.3 Å². The molecule has 24 heavy (non-hydrogen) atoms. The number of ether oxygens (including phenoxy) is 1. The fourth-order valence-electron chi connectivity index (χ4n) is 2.25. The summed E-state index contributed by atoms with van der Waals surface area (Å²) in [5.41, 5.74) is 1.13. The Kier molecular flexibility index (Phi) is 5.67. The lowest BCUT2D eigenvalue weighted by atomic mass is 10.2. The summed E-state index contributed by atoms with van der Waals surface area (Å²) in [4.78, 5) is 16.2. The number of aromatic amines is 1. The Balaban J connectivity index is 1.38. The molecule has 0 bridgehead atoms. The Morgan fingerprint density at radius 2 is 1.96 bits per heavy atom. The van der Waals surface area contributed by atoms with Gasteiger partial charge in [0.05, 0.1) is 0 Å². The van der Waals surface area contributed by atoms with E-state index in [0.29, 0.717) is 17.3 Å². The first-order chi connectivity index (χ1) is 11.7. The summed E-state index contributed by atoms with van der Waals surface area (Å²) in [5, 5.41) is 4.70. The molecular weight excluding hydrogens is 344 g/mol. The van der Waals surface area contributed by atoms with Crippen molar-refractivity contribution in [2.24, 2.45) is 0 Å². The van der Waals surface area contributed by atoms with Crippen LogP contribution in [0.3, 0.4) is 0 Å². The van der Waals surface area contributed by atoms with Crippen LogP contribution in [0.1, 0.15) is 0 Å². The molecule has 1 amide bonds. The van der Waals surface area contributed by atoms with E-state index in [-0.39, 0.29) is 12.5 Å². The lowest BCUT2D eigenvalue weighted by molar-refractivity contribution is -0.122. The van der Waals surface area contributed by atoms with Crippen molar-refractivity contribution >= 4 is 40.2 Å². The van der Waals surface area contributed by atoms with Gasteiger partial charge in [0.15, 0.2) is 6.61 Å². The molecule has 0 fully saturated rings. The zero-order valence-corrected chi connectivity index (χ0v) is 14.5. The highest BCUT2D eigenvalue weighted by Gasteiger charge is 2.05. The van der Waals surface area contributed by atoms with Gasteiger partial charge in [-0.15, -0.1) is 11.8 Å². The highest BCUT2D eigenvalue weighted by molar-refractivity contribution is 7.99. The van der Waals surface area contributed by atoms with E-state index in [1.54, 1.807) is 36.0 Å². The highest BCUT2D eigenvalue weighted by Crippen LogP contribution is 2.27. The van der Waals surface area contributed by atoms with Crippen LogP contribution in [0.2, 0.25) is 5.02 Å². The number of carbonyl (C=O) groups excluding carboxylic acids is 1. The van der Waals surface area contributed by atoms with E-state index in [0.717, 1.165) is 11.3 Å². The van der Waals surface area contributed by atoms with Gasteiger partial charge in [0.1, 0.15) is 5.75 Å². The van der Waals surface area contributed by atoms with Gasteiger partial charge in [0, 0.05) is 39.3 Å². The zero-order valence-electron chi connectivity index (χ0n) is 12.9. The molecule has 2 aromatic carbocycles. The molecule has 124 valence electrons. The van der Waals surface area contributed by atoms with Gasteiger partial charge >= 0.3 is 0 Å². The lowest BCUT2D eigenvalue weighted by Gasteiger charge is -2.07. The second-order valence-electron chi connectivity index (χ2n) is 5.14. The molecule has 3 aromatic rings. The monoisotopic (exact) mass is 360 g/mol. The number of thioether (sulfide) groups is 1. The molecule has 1 heterocycles. The lowest BCUT2D eigenvalue weighted by Crippen LogP contribution is -2.30. The van der Waals surface area contributed by atoms with Gasteiger partial charge in [0.2, 0.25) is 0 Å². The SMILES string of the molecule is O=C(COc1ccc(Cl)cc1)NCCSc1c[nH]c2ccccc12. The molecule has 0 aliphatic heterocycles. The van der Waals surface area contributed by atoms with E-state index in [1.165, 1.54) is 10.3 Å². The van der Waals surface area contributed by atoms with E-state index < -0.39 is 0 Å². The van der Waals surface area contributed by atoms with Crippen LogP contribution in [-0.2, 0) is 4.79 Å². The van der Waals surface area contributed by atoms with Crippen LogP contribution >= 0.6 is 23.4 Å². The van der Waals surface area contributed by atoms with Crippen molar-refractivity contribution in [3.8, 4) is 5.75 Å². The Labute approximate surface area is 149 Å². The maximum Gasteiger partial charge on any atom is 0.257 e. The van der Waals surface area contributed by atoms with E-state index in [1.807, 2.05) is 18.3 Å². The fourth-order valence-corrected chi connectivity index (χ4v) is 3.27. The Bertz CT molecular complexity index is 817. The quantitative estimate of drug-likeness (QED) is 0.492. The summed E-state index contributed by atoms with van der Waals surface area (Å²) < 4.78 is 5.40. The summed E-state index contributed by atoms with van der Waals surface area (Å²) in [6, 6.07) is 15.1. The molecule has 0 spiro atoms. The van der Waals surface area contributed by atoms with E-state index in [4.69, 9.17) is 16.3 Å². The van der Waals surface area contributed by atoms with Crippen molar-refractivity contribution in [2.75, 3.05) is 18.9 Å². The largest absolute Gasteiger partial charge is 0.484 e. The van der Waals surface area contributed by atoms with E-state index in [9.17, 15) is 4.79 Å². The van der Waals surface area contributed by atoms with Crippen LogP contribution < -0.4 is 10.1 Å². The van der Waals surface area contributed by atoms with Gasteiger partial charge in [-0.3, -0.25) is 4.79 Å². The van der Waals surface area contributed by atoms with Crippen LogP contribution in [0.25, 0.3) is 10.9 Å². The second-order valence-corrected chi connectivity index (χ2v) is 6.71. The Morgan fingerprint density at radius 1 is 1.17 bits per heavy atom. The number of carbonyl (C=O) groups is 1. The molecule has 2 N–H and O–H groups in total. The van der Waals surface area contributed by atoms with Crippen molar-refractivity contribution in [3.05, 3.63) is 59.8 Å². The first kappa shape index (κ1) is 16.7. The number of nitrogens with one attached hydrogen (secondary N) is 2. The summed E-state index contributed by atoms with van der Waals surface area (Å²) in [7, 11) is 0. The van der Waals surface area contributed by atoms with Crippen molar-refractivity contribution in [3.63, 3.8) is 0 Å². The molecule has 0 unspecified atom stereocenters. The molecule has 1 aromatic heterocycles. The molecule has 0 radical (unpaired) electrons. The smallest absolute Gasteiger partial charge is 0.257 e. The van der Waals surface area contributed by atoms with Crippen LogP contribution in [0.5, 0.6) is 5.75 Å². The molecule has 0 aliphatic carbocycles. The first-order valence-electron chi connectivity index (χ1n) is 7.56. The van der Waals surface area contributed by atoms with Crippen molar-refractivity contribution in [1.82, 2.24) is 10.3 Å². The molecule has 0 saturated heterocycles. The maximum absolute atomic E-state index is 11.8. The highest BCUT2D eigenvalue weighted by atomic mass is 35.5. The average Bonchev–Trinajstić information content (AvgIpc) is 3.01. The minimum atomic E-state index is -0.135. The van der Waals surface area contributed by atoms with Gasteiger partial charge in [0.25, 0.3) is 5.91 Å². The van der Waals surface area contributed by atoms with E-state index in [2.05, 4.69) is 22.4 Å². The minimum Gasteiger partial charge on any atom is -0.484 e. The van der Waals surface area contributed by atoms with Gasteiger partial charge in [-0.1, -0.05) is 29.8 Å². The molecule has 0 saturated carbocycles. The third-order valence-electron chi connectivity index (χ3n) is 3.42. The number of fused-ring (bicyclic) bond motifs is 1. The summed E-state index contributed by atoms with van der Waals surface area (Å²) in [5.74, 6) is 1.29.